The lowest BCUT2D eigenvalue weighted by molar-refractivity contribution is -0.137. The molecule has 0 heterocycles. The topological polar surface area (TPSA) is 69.6 Å². The zero-order valence-corrected chi connectivity index (χ0v) is 13.7. The molecule has 0 bridgehead atoms. The number of carboxylic acid groups (broad SMARTS) is 1. The predicted octanol–water partition coefficient (Wildman–Crippen LogP) is 3.06. The highest BCUT2D eigenvalue weighted by Crippen LogP contribution is 2.25. The molecule has 5 heteroatoms. The number of carbonyl (C=O) groups is 1. The Kier molecular flexibility index (Phi) is 7.78. The summed E-state index contributed by atoms with van der Waals surface area (Å²) < 4.78 is 0. The van der Waals surface area contributed by atoms with Crippen LogP contribution in [0.1, 0.15) is 45.3 Å². The maximum absolute atomic E-state index is 10.4. The average molecular weight is 311 g/mol. The summed E-state index contributed by atoms with van der Waals surface area (Å²) in [6.45, 7) is 6.79. The maximum atomic E-state index is 10.4. The first-order chi connectivity index (χ1) is 9.90. The van der Waals surface area contributed by atoms with Crippen LogP contribution < -0.4 is 5.32 Å². The van der Waals surface area contributed by atoms with Gasteiger partial charge in [-0.15, -0.1) is 11.8 Å². The molecule has 118 valence electrons. The van der Waals surface area contributed by atoms with E-state index in [1.807, 2.05) is 31.2 Å². The normalized spacial score (nSPS) is 14.1. The molecule has 0 aliphatic heterocycles. The lowest BCUT2D eigenvalue weighted by Gasteiger charge is -2.21. The van der Waals surface area contributed by atoms with Gasteiger partial charge in [-0.25, -0.2) is 0 Å². The molecule has 1 rings (SSSR count). The summed E-state index contributed by atoms with van der Waals surface area (Å²) in [4.78, 5) is 11.6. The van der Waals surface area contributed by atoms with Gasteiger partial charge >= 0.3 is 5.97 Å². The van der Waals surface area contributed by atoms with Crippen LogP contribution in [0.4, 0.5) is 0 Å². The van der Waals surface area contributed by atoms with E-state index in [9.17, 15) is 9.90 Å². The fraction of sp³-hybridized carbons (Fsp3) is 0.562. The first-order valence-corrected chi connectivity index (χ1v) is 8.18. The molecule has 0 saturated heterocycles. The number of carboxylic acids is 1. The SMILES string of the molecule is CC(C)Sc1ccc(C(O)C(C)NCCCC(=O)O)cc1. The Labute approximate surface area is 131 Å². The van der Waals surface area contributed by atoms with E-state index in [0.717, 1.165) is 5.56 Å². The molecule has 1 aromatic rings. The van der Waals surface area contributed by atoms with Crippen molar-refractivity contribution in [1.82, 2.24) is 5.32 Å². The number of aliphatic hydroxyl groups is 1. The van der Waals surface area contributed by atoms with Crippen LogP contribution in [0.3, 0.4) is 0 Å². The van der Waals surface area contributed by atoms with E-state index in [-0.39, 0.29) is 12.5 Å². The van der Waals surface area contributed by atoms with Crippen molar-refractivity contribution in [3.8, 4) is 0 Å². The number of hydrogen-bond acceptors (Lipinski definition) is 4. The maximum Gasteiger partial charge on any atom is 0.303 e. The van der Waals surface area contributed by atoms with E-state index >= 15 is 0 Å². The number of thioether (sulfide) groups is 1. The van der Waals surface area contributed by atoms with E-state index in [1.165, 1.54) is 4.90 Å². The highest BCUT2D eigenvalue weighted by atomic mass is 32.2. The van der Waals surface area contributed by atoms with Gasteiger partial charge in [-0.3, -0.25) is 4.79 Å². The number of hydrogen-bond donors (Lipinski definition) is 3. The molecule has 3 N–H and O–H groups in total. The molecule has 2 atom stereocenters. The molecule has 2 unspecified atom stereocenters. The lowest BCUT2D eigenvalue weighted by Crippen LogP contribution is -2.33. The molecule has 0 aliphatic rings. The van der Waals surface area contributed by atoms with Crippen molar-refractivity contribution in [2.24, 2.45) is 0 Å². The van der Waals surface area contributed by atoms with Crippen LogP contribution in [0, 0.1) is 0 Å². The minimum absolute atomic E-state index is 0.109. The van der Waals surface area contributed by atoms with Crippen LogP contribution in [0.15, 0.2) is 29.2 Å². The number of rotatable bonds is 9. The molecule has 0 saturated carbocycles. The third kappa shape index (κ3) is 6.98. The quantitative estimate of drug-likeness (QED) is 0.483. The van der Waals surface area contributed by atoms with E-state index in [2.05, 4.69) is 19.2 Å². The third-order valence-corrected chi connectivity index (χ3v) is 4.12. The molecule has 0 aromatic heterocycles. The van der Waals surface area contributed by atoms with Gasteiger partial charge in [0.1, 0.15) is 0 Å². The summed E-state index contributed by atoms with van der Waals surface area (Å²) in [6.07, 6.45) is 0.126. The van der Waals surface area contributed by atoms with Crippen LogP contribution in [-0.2, 0) is 4.79 Å². The predicted molar refractivity (Wildman–Crippen MR) is 86.7 cm³/mol. The summed E-state index contributed by atoms with van der Waals surface area (Å²) in [5.41, 5.74) is 0.876. The van der Waals surface area contributed by atoms with Gasteiger partial charge in [0, 0.05) is 22.6 Å². The van der Waals surface area contributed by atoms with Crippen LogP contribution in [-0.4, -0.2) is 34.0 Å². The smallest absolute Gasteiger partial charge is 0.303 e. The molecule has 0 aliphatic carbocycles. The van der Waals surface area contributed by atoms with Gasteiger partial charge in [-0.1, -0.05) is 26.0 Å². The van der Waals surface area contributed by atoms with E-state index in [4.69, 9.17) is 5.11 Å². The number of aliphatic carboxylic acids is 1. The largest absolute Gasteiger partial charge is 0.481 e. The zero-order valence-electron chi connectivity index (χ0n) is 12.9. The molecule has 1 aromatic carbocycles. The molecule has 0 fully saturated rings. The minimum Gasteiger partial charge on any atom is -0.481 e. The molecule has 0 amide bonds. The Morgan fingerprint density at radius 2 is 1.86 bits per heavy atom. The van der Waals surface area contributed by atoms with Gasteiger partial charge < -0.3 is 15.5 Å². The Balaban J connectivity index is 2.45. The standard InChI is InChI=1S/C16H25NO3S/c1-11(2)21-14-8-6-13(7-9-14)16(20)12(3)17-10-4-5-15(18)19/h6-9,11-12,16-17,20H,4-5,10H2,1-3H3,(H,18,19). The van der Waals surface area contributed by atoms with Gasteiger partial charge in [-0.05, 0) is 37.6 Å². The van der Waals surface area contributed by atoms with Gasteiger partial charge in [0.25, 0.3) is 0 Å². The van der Waals surface area contributed by atoms with Gasteiger partial charge in [0.15, 0.2) is 0 Å². The lowest BCUT2D eigenvalue weighted by atomic mass is 10.0. The van der Waals surface area contributed by atoms with Gasteiger partial charge in [-0.2, -0.15) is 0 Å². The molecule has 21 heavy (non-hydrogen) atoms. The molecule has 4 nitrogen and oxygen atoms in total. The number of nitrogens with one attached hydrogen (secondary N) is 1. The molecular formula is C16H25NO3S. The summed E-state index contributed by atoms with van der Waals surface area (Å²) >= 11 is 1.79. The van der Waals surface area contributed by atoms with Crippen LogP contribution >= 0.6 is 11.8 Å². The fourth-order valence-electron chi connectivity index (χ4n) is 1.99. The number of benzene rings is 1. The zero-order chi connectivity index (χ0) is 15.8. The second-order valence-electron chi connectivity index (χ2n) is 5.42. The summed E-state index contributed by atoms with van der Waals surface area (Å²) in [5, 5.41) is 22.6. The van der Waals surface area contributed by atoms with Crippen molar-refractivity contribution in [3.05, 3.63) is 29.8 Å². The Bertz CT molecular complexity index is 434. The number of aliphatic hydroxyl groups excluding tert-OH is 1. The molecule has 0 spiro atoms. The third-order valence-electron chi connectivity index (χ3n) is 3.10. The first kappa shape index (κ1) is 18.0. The van der Waals surface area contributed by atoms with Crippen molar-refractivity contribution in [3.63, 3.8) is 0 Å². The average Bonchev–Trinajstić information content (AvgIpc) is 2.42. The highest BCUT2D eigenvalue weighted by Gasteiger charge is 2.15. The second kappa shape index (κ2) is 9.07. The van der Waals surface area contributed by atoms with Crippen molar-refractivity contribution >= 4 is 17.7 Å². The Hall–Kier alpha value is -1.04. The first-order valence-electron chi connectivity index (χ1n) is 7.30. The summed E-state index contributed by atoms with van der Waals surface area (Å²) in [6, 6.07) is 7.85. The highest BCUT2D eigenvalue weighted by molar-refractivity contribution is 7.99. The fourth-order valence-corrected chi connectivity index (χ4v) is 2.82. The van der Waals surface area contributed by atoms with E-state index < -0.39 is 12.1 Å². The van der Waals surface area contributed by atoms with E-state index in [1.54, 1.807) is 11.8 Å². The van der Waals surface area contributed by atoms with Crippen molar-refractivity contribution in [2.45, 2.75) is 55.9 Å². The Morgan fingerprint density at radius 1 is 1.24 bits per heavy atom. The van der Waals surface area contributed by atoms with Gasteiger partial charge in [0.2, 0.25) is 0 Å². The summed E-state index contributed by atoms with van der Waals surface area (Å²) in [5.74, 6) is -0.789. The van der Waals surface area contributed by atoms with Crippen molar-refractivity contribution in [2.75, 3.05) is 6.54 Å². The summed E-state index contributed by atoms with van der Waals surface area (Å²) in [7, 11) is 0. The van der Waals surface area contributed by atoms with Crippen LogP contribution in [0.2, 0.25) is 0 Å². The second-order valence-corrected chi connectivity index (χ2v) is 7.07. The Morgan fingerprint density at radius 3 is 2.38 bits per heavy atom. The monoisotopic (exact) mass is 311 g/mol. The molecular weight excluding hydrogens is 286 g/mol. The van der Waals surface area contributed by atoms with Crippen molar-refractivity contribution < 1.29 is 15.0 Å². The van der Waals surface area contributed by atoms with Crippen molar-refractivity contribution in [1.29, 1.82) is 0 Å². The molecule has 0 radical (unpaired) electrons. The minimum atomic E-state index is -0.789. The van der Waals surface area contributed by atoms with Crippen LogP contribution in [0.5, 0.6) is 0 Å². The van der Waals surface area contributed by atoms with Gasteiger partial charge in [0.05, 0.1) is 6.10 Å². The van der Waals surface area contributed by atoms with E-state index in [0.29, 0.717) is 18.2 Å². The van der Waals surface area contributed by atoms with Crippen LogP contribution in [0.25, 0.3) is 0 Å².